The van der Waals surface area contributed by atoms with Gasteiger partial charge in [0.1, 0.15) is 5.78 Å². The molecule has 0 fully saturated rings. The first kappa shape index (κ1) is 11.6. The molecule has 2 unspecified atom stereocenters. The van der Waals surface area contributed by atoms with Crippen LogP contribution in [0.15, 0.2) is 0 Å². The van der Waals surface area contributed by atoms with Crippen LogP contribution >= 0.6 is 0 Å². The van der Waals surface area contributed by atoms with Crippen molar-refractivity contribution in [3.8, 4) is 0 Å². The van der Waals surface area contributed by atoms with Crippen molar-refractivity contribution >= 4 is 5.78 Å². The molecule has 2 atom stereocenters. The van der Waals surface area contributed by atoms with Crippen LogP contribution in [0.1, 0.15) is 26.7 Å². The normalized spacial score (nSPS) is 15.7. The molecule has 0 aliphatic rings. The number of aliphatic hydroxyl groups is 1. The summed E-state index contributed by atoms with van der Waals surface area (Å²) < 4.78 is 4.76. The zero-order chi connectivity index (χ0) is 9.56. The Hall–Kier alpha value is -0.410. The number of aliphatic hydroxyl groups excluding tert-OH is 1. The van der Waals surface area contributed by atoms with Crippen molar-refractivity contribution in [2.75, 3.05) is 13.7 Å². The number of rotatable bonds is 6. The third-order valence-electron chi connectivity index (χ3n) is 1.88. The maximum Gasteiger partial charge on any atom is 0.135 e. The van der Waals surface area contributed by atoms with Gasteiger partial charge in [-0.05, 0) is 6.42 Å². The van der Waals surface area contributed by atoms with Gasteiger partial charge < -0.3 is 9.84 Å². The van der Waals surface area contributed by atoms with Gasteiger partial charge in [-0.25, -0.2) is 0 Å². The van der Waals surface area contributed by atoms with E-state index in [0.717, 1.165) is 0 Å². The molecule has 0 rings (SSSR count). The van der Waals surface area contributed by atoms with Crippen LogP contribution in [-0.2, 0) is 9.53 Å². The summed E-state index contributed by atoms with van der Waals surface area (Å²) in [6.07, 6.45) is 0.530. The first-order valence-electron chi connectivity index (χ1n) is 4.31. The third-order valence-corrected chi connectivity index (χ3v) is 1.88. The molecule has 0 bridgehead atoms. The van der Waals surface area contributed by atoms with E-state index in [1.165, 1.54) is 7.11 Å². The van der Waals surface area contributed by atoms with E-state index >= 15 is 0 Å². The van der Waals surface area contributed by atoms with Crippen LogP contribution < -0.4 is 0 Å². The number of ketones is 1. The van der Waals surface area contributed by atoms with E-state index in [9.17, 15) is 9.90 Å². The summed E-state index contributed by atoms with van der Waals surface area (Å²) >= 11 is 0. The molecule has 72 valence electrons. The lowest BCUT2D eigenvalue weighted by molar-refractivity contribution is -0.123. The van der Waals surface area contributed by atoms with Crippen LogP contribution in [0.3, 0.4) is 0 Å². The van der Waals surface area contributed by atoms with Gasteiger partial charge in [0.05, 0.1) is 12.7 Å². The lowest BCUT2D eigenvalue weighted by Crippen LogP contribution is -2.21. The van der Waals surface area contributed by atoms with E-state index < -0.39 is 6.10 Å². The quantitative estimate of drug-likeness (QED) is 0.653. The molecule has 0 spiro atoms. The number of hydrogen-bond acceptors (Lipinski definition) is 3. The van der Waals surface area contributed by atoms with Gasteiger partial charge in [0.15, 0.2) is 0 Å². The molecule has 3 heteroatoms. The highest BCUT2D eigenvalue weighted by Gasteiger charge is 2.15. The molecule has 0 aromatic carbocycles. The van der Waals surface area contributed by atoms with Crippen molar-refractivity contribution in [3.63, 3.8) is 0 Å². The molecule has 0 amide bonds. The molecule has 0 saturated carbocycles. The van der Waals surface area contributed by atoms with Gasteiger partial charge in [0.2, 0.25) is 0 Å². The van der Waals surface area contributed by atoms with Gasteiger partial charge in [0, 0.05) is 19.4 Å². The molecule has 0 radical (unpaired) electrons. The Morgan fingerprint density at radius 3 is 2.58 bits per heavy atom. The van der Waals surface area contributed by atoms with Crippen LogP contribution in [0.4, 0.5) is 0 Å². The Morgan fingerprint density at radius 2 is 2.17 bits per heavy atom. The van der Waals surface area contributed by atoms with Crippen LogP contribution in [-0.4, -0.2) is 30.7 Å². The summed E-state index contributed by atoms with van der Waals surface area (Å²) in [4.78, 5) is 11.1. The number of hydrogen-bond donors (Lipinski definition) is 1. The van der Waals surface area contributed by atoms with Crippen molar-refractivity contribution in [1.82, 2.24) is 0 Å². The molecule has 3 nitrogen and oxygen atoms in total. The van der Waals surface area contributed by atoms with Crippen LogP contribution in [0, 0.1) is 5.92 Å². The second-order valence-electron chi connectivity index (χ2n) is 3.07. The summed E-state index contributed by atoms with van der Waals surface area (Å²) in [6.45, 7) is 3.98. The van der Waals surface area contributed by atoms with Crippen molar-refractivity contribution in [2.45, 2.75) is 32.8 Å². The zero-order valence-corrected chi connectivity index (χ0v) is 8.04. The predicted molar refractivity (Wildman–Crippen MR) is 47.0 cm³/mol. The minimum atomic E-state index is -0.513. The molecule has 0 saturated heterocycles. The maximum absolute atomic E-state index is 11.1. The standard InChI is InChI=1S/C9H18O3/c1-4-9(11)7(2)5-8(10)6-12-3/h7-8,10H,4-6H2,1-3H3. The number of Topliss-reactive ketones (excluding diaryl/α,β-unsaturated/α-hetero) is 1. The largest absolute Gasteiger partial charge is 0.391 e. The summed E-state index contributed by atoms with van der Waals surface area (Å²) in [7, 11) is 1.54. The van der Waals surface area contributed by atoms with E-state index in [4.69, 9.17) is 4.74 Å². The fourth-order valence-electron chi connectivity index (χ4n) is 1.15. The average molecular weight is 174 g/mol. The Kier molecular flexibility index (Phi) is 5.93. The first-order chi connectivity index (χ1) is 5.61. The second kappa shape index (κ2) is 6.14. The fourth-order valence-corrected chi connectivity index (χ4v) is 1.15. The van der Waals surface area contributed by atoms with Crippen LogP contribution in [0.2, 0.25) is 0 Å². The highest BCUT2D eigenvalue weighted by molar-refractivity contribution is 5.80. The fraction of sp³-hybridized carbons (Fsp3) is 0.889. The van der Waals surface area contributed by atoms with Crippen LogP contribution in [0.5, 0.6) is 0 Å². The Balaban J connectivity index is 3.67. The zero-order valence-electron chi connectivity index (χ0n) is 8.04. The second-order valence-corrected chi connectivity index (χ2v) is 3.07. The highest BCUT2D eigenvalue weighted by atomic mass is 16.5. The minimum Gasteiger partial charge on any atom is -0.391 e. The van der Waals surface area contributed by atoms with Crippen LogP contribution in [0.25, 0.3) is 0 Å². The molecule has 12 heavy (non-hydrogen) atoms. The van der Waals surface area contributed by atoms with Crippen molar-refractivity contribution in [1.29, 1.82) is 0 Å². The van der Waals surface area contributed by atoms with E-state index in [1.54, 1.807) is 0 Å². The monoisotopic (exact) mass is 174 g/mol. The number of carbonyl (C=O) groups excluding carboxylic acids is 1. The summed E-state index contributed by atoms with van der Waals surface area (Å²) in [5, 5.41) is 9.29. The van der Waals surface area contributed by atoms with Gasteiger partial charge in [-0.2, -0.15) is 0 Å². The van der Waals surface area contributed by atoms with E-state index in [2.05, 4.69) is 0 Å². The summed E-state index contributed by atoms with van der Waals surface area (Å²) in [5.41, 5.74) is 0. The molecule has 0 heterocycles. The van der Waals surface area contributed by atoms with Crippen molar-refractivity contribution in [2.24, 2.45) is 5.92 Å². The highest BCUT2D eigenvalue weighted by Crippen LogP contribution is 2.09. The third kappa shape index (κ3) is 4.46. The smallest absolute Gasteiger partial charge is 0.135 e. The first-order valence-corrected chi connectivity index (χ1v) is 4.31. The van der Waals surface area contributed by atoms with E-state index in [0.29, 0.717) is 19.4 Å². The lowest BCUT2D eigenvalue weighted by Gasteiger charge is -2.13. The van der Waals surface area contributed by atoms with Gasteiger partial charge >= 0.3 is 0 Å². The van der Waals surface area contributed by atoms with Crippen molar-refractivity contribution in [3.05, 3.63) is 0 Å². The maximum atomic E-state index is 11.1. The van der Waals surface area contributed by atoms with E-state index in [-0.39, 0.29) is 11.7 Å². The predicted octanol–water partition coefficient (Wildman–Crippen LogP) is 0.999. The Labute approximate surface area is 73.7 Å². The average Bonchev–Trinajstić information content (AvgIpc) is 2.03. The van der Waals surface area contributed by atoms with Gasteiger partial charge in [-0.1, -0.05) is 13.8 Å². The van der Waals surface area contributed by atoms with Gasteiger partial charge in [-0.3, -0.25) is 4.79 Å². The molecule has 0 aromatic rings. The SMILES string of the molecule is CCC(=O)C(C)CC(O)COC. The minimum absolute atomic E-state index is 0.0554. The van der Waals surface area contributed by atoms with Crippen molar-refractivity contribution < 1.29 is 14.6 Å². The topological polar surface area (TPSA) is 46.5 Å². The number of methoxy groups -OCH3 is 1. The number of carbonyl (C=O) groups is 1. The molecule has 0 aliphatic carbocycles. The summed E-state index contributed by atoms with van der Waals surface area (Å²) in [6, 6.07) is 0. The Morgan fingerprint density at radius 1 is 1.58 bits per heavy atom. The molecular formula is C9H18O3. The Bertz CT molecular complexity index is 134. The molecule has 1 N–H and O–H groups in total. The summed E-state index contributed by atoms with van der Waals surface area (Å²) in [5.74, 6) is 0.144. The molecule has 0 aromatic heterocycles. The molecular weight excluding hydrogens is 156 g/mol. The molecule has 0 aliphatic heterocycles. The number of ether oxygens (including phenoxy) is 1. The lowest BCUT2D eigenvalue weighted by atomic mass is 9.98. The van der Waals surface area contributed by atoms with Gasteiger partial charge in [0.25, 0.3) is 0 Å². The van der Waals surface area contributed by atoms with E-state index in [1.807, 2.05) is 13.8 Å². The van der Waals surface area contributed by atoms with Gasteiger partial charge in [-0.15, -0.1) is 0 Å².